The van der Waals surface area contributed by atoms with Gasteiger partial charge in [-0.2, -0.15) is 0 Å². The maximum absolute atomic E-state index is 12.5. The summed E-state index contributed by atoms with van der Waals surface area (Å²) in [6, 6.07) is 13.4. The zero-order valence-corrected chi connectivity index (χ0v) is 13.3. The molecule has 2 aromatic rings. The van der Waals surface area contributed by atoms with Crippen molar-refractivity contribution in [1.82, 2.24) is 4.90 Å². The molecule has 1 aromatic carbocycles. The second kappa shape index (κ2) is 6.23. The van der Waals surface area contributed by atoms with Gasteiger partial charge in [-0.25, -0.2) is 4.99 Å². The lowest BCUT2D eigenvalue weighted by atomic mass is 10.3. The van der Waals surface area contributed by atoms with Crippen molar-refractivity contribution >= 4 is 34.6 Å². The molecule has 1 amide bonds. The van der Waals surface area contributed by atoms with Crippen LogP contribution in [0.1, 0.15) is 18.4 Å². The second-order valence-corrected chi connectivity index (χ2v) is 5.85. The second-order valence-electron chi connectivity index (χ2n) is 4.84. The van der Waals surface area contributed by atoms with Gasteiger partial charge in [-0.1, -0.05) is 18.2 Å². The van der Waals surface area contributed by atoms with Crippen molar-refractivity contribution in [2.75, 3.05) is 6.54 Å². The molecule has 2 heterocycles. The zero-order chi connectivity index (χ0) is 15.5. The summed E-state index contributed by atoms with van der Waals surface area (Å²) in [5, 5.41) is 0.702. The normalized spacial score (nSPS) is 18.6. The predicted octanol–water partition coefficient (Wildman–Crippen LogP) is 4.21. The number of hydrogen-bond acceptors (Lipinski definition) is 4. The third-order valence-corrected chi connectivity index (χ3v) is 4.23. The number of para-hydroxylation sites is 1. The number of hydrogen-bond donors (Lipinski definition) is 0. The van der Waals surface area contributed by atoms with Crippen molar-refractivity contribution in [3.05, 3.63) is 58.9 Å². The molecule has 0 N–H and O–H groups in total. The summed E-state index contributed by atoms with van der Waals surface area (Å²) in [5.74, 6) is 1.48. The number of likely N-dealkylation sites (N-methyl/N-ethyl adjacent to an activating group) is 1. The fourth-order valence-electron chi connectivity index (χ4n) is 2.14. The molecule has 1 aliphatic rings. The summed E-state index contributed by atoms with van der Waals surface area (Å²) in [5.41, 5.74) is 0.839. The molecule has 0 radical (unpaired) electrons. The number of thioether (sulfide) groups is 1. The Labute approximate surface area is 133 Å². The highest BCUT2D eigenvalue weighted by Crippen LogP contribution is 2.34. The number of nitrogens with zero attached hydrogens (tertiary/aromatic N) is 2. The third kappa shape index (κ3) is 2.99. The Morgan fingerprint density at radius 2 is 2.00 bits per heavy atom. The Balaban J connectivity index is 1.92. The third-order valence-electron chi connectivity index (χ3n) is 3.22. The van der Waals surface area contributed by atoms with Crippen LogP contribution in [-0.4, -0.2) is 22.5 Å². The van der Waals surface area contributed by atoms with Crippen molar-refractivity contribution in [3.63, 3.8) is 0 Å². The van der Waals surface area contributed by atoms with Gasteiger partial charge >= 0.3 is 0 Å². The van der Waals surface area contributed by atoms with Crippen LogP contribution < -0.4 is 0 Å². The minimum absolute atomic E-state index is 0.0313. The van der Waals surface area contributed by atoms with Crippen LogP contribution in [0, 0.1) is 6.92 Å². The molecule has 0 aliphatic carbocycles. The van der Waals surface area contributed by atoms with Gasteiger partial charge < -0.3 is 4.42 Å². The van der Waals surface area contributed by atoms with Crippen LogP contribution in [-0.2, 0) is 4.79 Å². The van der Waals surface area contributed by atoms with Crippen molar-refractivity contribution in [1.29, 1.82) is 0 Å². The van der Waals surface area contributed by atoms with Crippen LogP contribution in [0.2, 0.25) is 0 Å². The van der Waals surface area contributed by atoms with Gasteiger partial charge in [-0.3, -0.25) is 9.69 Å². The van der Waals surface area contributed by atoms with Crippen molar-refractivity contribution < 1.29 is 9.21 Å². The summed E-state index contributed by atoms with van der Waals surface area (Å²) in [6.45, 7) is 4.41. The van der Waals surface area contributed by atoms with Crippen LogP contribution >= 0.6 is 11.8 Å². The Bertz CT molecular complexity index is 747. The molecular weight excluding hydrogens is 296 g/mol. The largest absolute Gasteiger partial charge is 0.462 e. The number of aryl methyl sites for hydroxylation is 1. The first kappa shape index (κ1) is 14.7. The van der Waals surface area contributed by atoms with E-state index in [0.29, 0.717) is 22.4 Å². The van der Waals surface area contributed by atoms with E-state index in [9.17, 15) is 4.79 Å². The van der Waals surface area contributed by atoms with E-state index in [1.54, 1.807) is 11.0 Å². The molecule has 4 nitrogen and oxygen atoms in total. The molecular formula is C17H16N2O2S. The van der Waals surface area contributed by atoms with E-state index in [-0.39, 0.29) is 5.91 Å². The fraction of sp³-hybridized carbons (Fsp3) is 0.176. The highest BCUT2D eigenvalue weighted by atomic mass is 32.2. The lowest BCUT2D eigenvalue weighted by Gasteiger charge is -2.11. The number of carbonyl (C=O) groups is 1. The molecule has 0 spiro atoms. The molecule has 0 saturated carbocycles. The summed E-state index contributed by atoms with van der Waals surface area (Å²) in [6.07, 6.45) is 1.77. The van der Waals surface area contributed by atoms with E-state index in [0.717, 1.165) is 11.4 Å². The Kier molecular flexibility index (Phi) is 4.15. The zero-order valence-electron chi connectivity index (χ0n) is 12.4. The van der Waals surface area contributed by atoms with Crippen LogP contribution in [0.3, 0.4) is 0 Å². The molecule has 1 aliphatic heterocycles. The summed E-state index contributed by atoms with van der Waals surface area (Å²) >= 11 is 1.38. The maximum Gasteiger partial charge on any atom is 0.266 e. The number of benzene rings is 1. The van der Waals surface area contributed by atoms with Gasteiger partial charge in [0.15, 0.2) is 5.17 Å². The molecule has 1 saturated heterocycles. The number of amides is 1. The molecule has 0 bridgehead atoms. The monoisotopic (exact) mass is 312 g/mol. The lowest BCUT2D eigenvalue weighted by Crippen LogP contribution is -2.28. The molecule has 22 heavy (non-hydrogen) atoms. The maximum atomic E-state index is 12.5. The Hall–Kier alpha value is -2.27. The first-order chi connectivity index (χ1) is 10.7. The molecule has 5 heteroatoms. The van der Waals surface area contributed by atoms with Crippen molar-refractivity contribution in [3.8, 4) is 0 Å². The Morgan fingerprint density at radius 3 is 2.64 bits per heavy atom. The van der Waals surface area contributed by atoms with E-state index in [1.165, 1.54) is 11.8 Å². The minimum atomic E-state index is -0.0313. The topological polar surface area (TPSA) is 45.8 Å². The van der Waals surface area contributed by atoms with Gasteiger partial charge in [-0.15, -0.1) is 0 Å². The minimum Gasteiger partial charge on any atom is -0.462 e. The number of rotatable bonds is 3. The van der Waals surface area contributed by atoms with Crippen molar-refractivity contribution in [2.45, 2.75) is 13.8 Å². The van der Waals surface area contributed by atoms with Crippen molar-refractivity contribution in [2.24, 2.45) is 4.99 Å². The first-order valence-corrected chi connectivity index (χ1v) is 7.90. The molecule has 3 rings (SSSR count). The first-order valence-electron chi connectivity index (χ1n) is 7.09. The lowest BCUT2D eigenvalue weighted by molar-refractivity contribution is -0.122. The average Bonchev–Trinajstić information content (AvgIpc) is 3.05. The van der Waals surface area contributed by atoms with Gasteiger partial charge in [0.2, 0.25) is 0 Å². The number of amidine groups is 1. The summed E-state index contributed by atoms with van der Waals surface area (Å²) in [4.78, 5) is 19.3. The van der Waals surface area contributed by atoms with E-state index in [4.69, 9.17) is 4.42 Å². The van der Waals surface area contributed by atoms with E-state index in [2.05, 4.69) is 4.99 Å². The van der Waals surface area contributed by atoms with Crippen LogP contribution in [0.25, 0.3) is 6.08 Å². The highest BCUT2D eigenvalue weighted by molar-refractivity contribution is 8.18. The Morgan fingerprint density at radius 1 is 1.23 bits per heavy atom. The van der Waals surface area contributed by atoms with Gasteiger partial charge in [0.05, 0.1) is 10.6 Å². The highest BCUT2D eigenvalue weighted by Gasteiger charge is 2.32. The molecule has 0 atom stereocenters. The van der Waals surface area contributed by atoms with Crippen LogP contribution in [0.15, 0.2) is 56.8 Å². The SMILES string of the molecule is CCN1C(=O)/C(=C\c2ccc(C)o2)SC1=Nc1ccccc1. The van der Waals surface area contributed by atoms with Crippen LogP contribution in [0.4, 0.5) is 5.69 Å². The van der Waals surface area contributed by atoms with E-state index >= 15 is 0 Å². The predicted molar refractivity (Wildman–Crippen MR) is 89.9 cm³/mol. The number of furan rings is 1. The van der Waals surface area contributed by atoms with Gasteiger partial charge in [0.1, 0.15) is 11.5 Å². The molecule has 1 fully saturated rings. The van der Waals surface area contributed by atoms with Gasteiger partial charge in [0.25, 0.3) is 5.91 Å². The van der Waals surface area contributed by atoms with Crippen LogP contribution in [0.5, 0.6) is 0 Å². The van der Waals surface area contributed by atoms with E-state index < -0.39 is 0 Å². The average molecular weight is 312 g/mol. The van der Waals surface area contributed by atoms with E-state index in [1.807, 2.05) is 56.3 Å². The smallest absolute Gasteiger partial charge is 0.266 e. The van der Waals surface area contributed by atoms with Gasteiger partial charge in [0, 0.05) is 12.6 Å². The standard InChI is InChI=1S/C17H16N2O2S/c1-3-19-16(20)15(11-14-10-9-12(2)21-14)22-17(19)18-13-7-5-4-6-8-13/h4-11H,3H2,1-2H3/b15-11+,18-17?. The number of carbonyl (C=O) groups excluding carboxylic acids is 1. The quantitative estimate of drug-likeness (QED) is 0.797. The summed E-state index contributed by atoms with van der Waals surface area (Å²) in [7, 11) is 0. The molecule has 1 aromatic heterocycles. The molecule has 112 valence electrons. The molecule has 0 unspecified atom stereocenters. The fourth-order valence-corrected chi connectivity index (χ4v) is 3.19. The van der Waals surface area contributed by atoms with Gasteiger partial charge in [-0.05, 0) is 49.9 Å². The summed E-state index contributed by atoms with van der Waals surface area (Å²) < 4.78 is 5.52. The number of aliphatic imine (C=N–C) groups is 1.